The third-order valence-electron chi connectivity index (χ3n) is 0.687. The van der Waals surface area contributed by atoms with E-state index in [1.165, 1.54) is 0 Å². The van der Waals surface area contributed by atoms with Crippen molar-refractivity contribution in [1.29, 1.82) is 0 Å². The van der Waals surface area contributed by atoms with E-state index in [-0.39, 0.29) is 5.69 Å². The second kappa shape index (κ2) is 2.23. The molecule has 1 heterocycles. The highest BCUT2D eigenvalue weighted by Crippen LogP contribution is 1.87. The van der Waals surface area contributed by atoms with Crippen LogP contribution in [0.2, 0.25) is 0 Å². The van der Waals surface area contributed by atoms with E-state index in [9.17, 15) is 10.0 Å². The topological polar surface area (TPSA) is 91.1 Å². The summed E-state index contributed by atoms with van der Waals surface area (Å²) < 4.78 is 4.04. The van der Waals surface area contributed by atoms with Crippen molar-refractivity contribution in [3.05, 3.63) is 17.1 Å². The SMILES string of the molecule is O=C(N[O-])c1cnon1. The van der Waals surface area contributed by atoms with E-state index >= 15 is 0 Å². The summed E-state index contributed by atoms with van der Waals surface area (Å²) in [6, 6.07) is 0. The smallest absolute Gasteiger partial charge is 0.264 e. The first-order valence-electron chi connectivity index (χ1n) is 2.04. The number of hydrogen-bond donors (Lipinski definition) is 1. The summed E-state index contributed by atoms with van der Waals surface area (Å²) in [5, 5.41) is 15.8. The molecule has 1 aromatic rings. The van der Waals surface area contributed by atoms with Gasteiger partial charge in [0.25, 0.3) is 5.91 Å². The second-order valence-electron chi connectivity index (χ2n) is 1.22. The summed E-state index contributed by atoms with van der Waals surface area (Å²) >= 11 is 0. The quantitative estimate of drug-likeness (QED) is 0.505. The van der Waals surface area contributed by atoms with Gasteiger partial charge in [-0.1, -0.05) is 5.16 Å². The van der Waals surface area contributed by atoms with Gasteiger partial charge in [-0.05, 0) is 5.16 Å². The number of amides is 1. The molecule has 0 atom stereocenters. The number of rotatable bonds is 1. The van der Waals surface area contributed by atoms with Gasteiger partial charge >= 0.3 is 0 Å². The lowest BCUT2D eigenvalue weighted by molar-refractivity contribution is 0.0960. The molecule has 1 N–H and O–H groups in total. The van der Waals surface area contributed by atoms with Gasteiger partial charge in [-0.2, -0.15) is 0 Å². The monoisotopic (exact) mass is 128 g/mol. The van der Waals surface area contributed by atoms with Gasteiger partial charge in [-0.25, -0.2) is 4.63 Å². The molecule has 0 radical (unpaired) electrons. The standard InChI is InChI=1S/C3H2N3O3/c7-3(5-8)2-1-4-9-6-2/h1H,(H-,4,5,6,7,8)/q-1. The van der Waals surface area contributed by atoms with Crippen LogP contribution in [-0.4, -0.2) is 16.2 Å². The zero-order valence-corrected chi connectivity index (χ0v) is 4.20. The van der Waals surface area contributed by atoms with Gasteiger partial charge in [0.15, 0.2) is 5.69 Å². The predicted octanol–water partition coefficient (Wildman–Crippen LogP) is -0.703. The summed E-state index contributed by atoms with van der Waals surface area (Å²) in [6.07, 6.45) is 1.05. The summed E-state index contributed by atoms with van der Waals surface area (Å²) in [4.78, 5) is 10.3. The molecule has 0 saturated heterocycles. The first-order valence-corrected chi connectivity index (χ1v) is 2.04. The molecule has 6 heteroatoms. The fourth-order valence-electron chi connectivity index (χ4n) is 0.317. The van der Waals surface area contributed by atoms with E-state index in [2.05, 4.69) is 14.9 Å². The molecule has 0 saturated carbocycles. The van der Waals surface area contributed by atoms with Crippen molar-refractivity contribution < 1.29 is 9.42 Å². The fourth-order valence-corrected chi connectivity index (χ4v) is 0.317. The van der Waals surface area contributed by atoms with E-state index in [0.717, 1.165) is 11.7 Å². The molecule has 0 unspecified atom stereocenters. The number of nitrogens with one attached hydrogen (secondary N) is 1. The molecule has 6 nitrogen and oxygen atoms in total. The van der Waals surface area contributed by atoms with Crippen LogP contribution in [-0.2, 0) is 0 Å². The Labute approximate surface area is 49.4 Å². The molecule has 1 amide bonds. The molecule has 0 aliphatic heterocycles. The van der Waals surface area contributed by atoms with E-state index in [1.54, 1.807) is 0 Å². The first kappa shape index (κ1) is 5.70. The van der Waals surface area contributed by atoms with Gasteiger partial charge in [0.05, 0.1) is 0 Å². The Bertz CT molecular complexity index is 194. The molecule has 9 heavy (non-hydrogen) atoms. The summed E-state index contributed by atoms with van der Waals surface area (Å²) in [7, 11) is 0. The number of hydroxylamine groups is 1. The molecule has 48 valence electrons. The highest BCUT2D eigenvalue weighted by molar-refractivity contribution is 5.91. The number of hydrogen-bond acceptors (Lipinski definition) is 5. The summed E-state index contributed by atoms with van der Waals surface area (Å²) in [5.74, 6) is -0.851. The molecule has 0 bridgehead atoms. The maximum Gasteiger partial charge on any atom is 0.264 e. The van der Waals surface area contributed by atoms with Crippen LogP contribution in [0, 0.1) is 5.21 Å². The molecule has 0 aliphatic rings. The number of aromatic nitrogens is 2. The average molecular weight is 128 g/mol. The van der Waals surface area contributed by atoms with Crippen LogP contribution in [0.5, 0.6) is 0 Å². The van der Waals surface area contributed by atoms with Crippen molar-refractivity contribution in [2.24, 2.45) is 0 Å². The third-order valence-corrected chi connectivity index (χ3v) is 0.687. The maximum atomic E-state index is 10.3. The highest BCUT2D eigenvalue weighted by Gasteiger charge is 2.03. The first-order chi connectivity index (χ1) is 4.34. The lowest BCUT2D eigenvalue weighted by Gasteiger charge is -2.00. The van der Waals surface area contributed by atoms with Gasteiger partial charge in [0, 0.05) is 0 Å². The van der Waals surface area contributed by atoms with Crippen LogP contribution in [0.15, 0.2) is 10.8 Å². The van der Waals surface area contributed by atoms with Crippen LogP contribution < -0.4 is 5.48 Å². The van der Waals surface area contributed by atoms with Crippen LogP contribution in [0.1, 0.15) is 10.5 Å². The van der Waals surface area contributed by atoms with E-state index in [4.69, 9.17) is 0 Å². The van der Waals surface area contributed by atoms with Crippen LogP contribution in [0.25, 0.3) is 0 Å². The van der Waals surface area contributed by atoms with Crippen molar-refractivity contribution in [1.82, 2.24) is 15.8 Å². The van der Waals surface area contributed by atoms with Crippen LogP contribution >= 0.6 is 0 Å². The molecule has 1 aromatic heterocycles. The summed E-state index contributed by atoms with van der Waals surface area (Å²) in [6.45, 7) is 0. The lowest BCUT2D eigenvalue weighted by Crippen LogP contribution is -2.15. The molecule has 0 aliphatic carbocycles. The van der Waals surface area contributed by atoms with Gasteiger partial charge in [0.2, 0.25) is 0 Å². The molecular weight excluding hydrogens is 126 g/mol. The van der Waals surface area contributed by atoms with Crippen LogP contribution in [0.4, 0.5) is 0 Å². The lowest BCUT2D eigenvalue weighted by atomic mass is 10.5. The molecule has 0 fully saturated rings. The average Bonchev–Trinajstić information content (AvgIpc) is 2.37. The van der Waals surface area contributed by atoms with Crippen molar-refractivity contribution in [2.75, 3.05) is 0 Å². The summed E-state index contributed by atoms with van der Waals surface area (Å²) in [5.41, 5.74) is 0.996. The Morgan fingerprint density at radius 1 is 1.89 bits per heavy atom. The molecule has 0 aromatic carbocycles. The highest BCUT2D eigenvalue weighted by atomic mass is 16.6. The third kappa shape index (κ3) is 1.03. The normalized spacial score (nSPS) is 9.00. The Kier molecular flexibility index (Phi) is 1.41. The largest absolute Gasteiger partial charge is 0.759 e. The van der Waals surface area contributed by atoms with Gasteiger partial charge in [-0.15, -0.1) is 0 Å². The molecule has 1 rings (SSSR count). The van der Waals surface area contributed by atoms with Crippen LogP contribution in [0.3, 0.4) is 0 Å². The minimum atomic E-state index is -0.851. The van der Waals surface area contributed by atoms with Crippen molar-refractivity contribution in [3.8, 4) is 0 Å². The number of nitrogens with zero attached hydrogens (tertiary/aromatic N) is 2. The van der Waals surface area contributed by atoms with Gasteiger partial charge < -0.3 is 10.7 Å². The molecular formula is C3H2N3O3-. The minimum absolute atomic E-state index is 0.120. The Morgan fingerprint density at radius 3 is 3.11 bits per heavy atom. The van der Waals surface area contributed by atoms with Crippen molar-refractivity contribution >= 4 is 5.91 Å². The second-order valence-corrected chi connectivity index (χ2v) is 1.22. The number of carbonyl (C=O) groups excluding carboxylic acids is 1. The maximum absolute atomic E-state index is 10.3. The van der Waals surface area contributed by atoms with Gasteiger partial charge in [-0.3, -0.25) is 4.79 Å². The fraction of sp³-hybridized carbons (Fsp3) is 0. The zero-order chi connectivity index (χ0) is 6.69. The molecule has 0 spiro atoms. The number of carbonyl (C=O) groups is 1. The Balaban J connectivity index is 2.77. The predicted molar refractivity (Wildman–Crippen MR) is 25.1 cm³/mol. The Morgan fingerprint density at radius 2 is 2.67 bits per heavy atom. The van der Waals surface area contributed by atoms with Crippen molar-refractivity contribution in [2.45, 2.75) is 0 Å². The van der Waals surface area contributed by atoms with E-state index in [1.807, 2.05) is 0 Å². The van der Waals surface area contributed by atoms with E-state index in [0.29, 0.717) is 0 Å². The van der Waals surface area contributed by atoms with Crippen molar-refractivity contribution in [3.63, 3.8) is 0 Å². The van der Waals surface area contributed by atoms with E-state index < -0.39 is 5.91 Å². The zero-order valence-electron chi connectivity index (χ0n) is 4.20. The van der Waals surface area contributed by atoms with Gasteiger partial charge in [0.1, 0.15) is 6.20 Å². The minimum Gasteiger partial charge on any atom is -0.759 e. The Hall–Kier alpha value is -1.43.